The van der Waals surface area contributed by atoms with E-state index in [-0.39, 0.29) is 17.9 Å². The summed E-state index contributed by atoms with van der Waals surface area (Å²) in [6, 6.07) is 5.03. The highest BCUT2D eigenvalue weighted by Crippen LogP contribution is 2.32. The zero-order valence-corrected chi connectivity index (χ0v) is 22.3. The molecule has 34 heavy (non-hydrogen) atoms. The average molecular weight is 472 g/mol. The Balaban J connectivity index is 3.63. The first-order valence-corrected chi connectivity index (χ1v) is 11.7. The van der Waals surface area contributed by atoms with Crippen LogP contribution < -0.4 is 10.6 Å². The van der Waals surface area contributed by atoms with Gasteiger partial charge in [-0.1, -0.05) is 38.0 Å². The molecule has 2 atom stereocenters. The smallest absolute Gasteiger partial charge is 0.408 e. The summed E-state index contributed by atoms with van der Waals surface area (Å²) in [4.78, 5) is 41.7. The molecule has 0 radical (unpaired) electrons. The minimum atomic E-state index is -0.996. The van der Waals surface area contributed by atoms with Gasteiger partial charge in [0.15, 0.2) is 0 Å². The number of ether oxygens (including phenoxy) is 1. The second-order valence-corrected chi connectivity index (χ2v) is 11.0. The number of carbonyl (C=O) groups excluding carboxylic acids is 3. The van der Waals surface area contributed by atoms with Gasteiger partial charge in [0.05, 0.1) is 0 Å². The second kappa shape index (κ2) is 11.4. The van der Waals surface area contributed by atoms with Gasteiger partial charge in [0.25, 0.3) is 0 Å². The molecule has 1 rings (SSSR count). The fourth-order valence-corrected chi connectivity index (χ4v) is 3.57. The van der Waals surface area contributed by atoms with Crippen LogP contribution in [-0.4, -0.2) is 46.0 Å². The largest absolute Gasteiger partial charge is 0.444 e. The van der Waals surface area contributed by atoms with Crippen molar-refractivity contribution in [1.82, 2.24) is 15.5 Å². The Morgan fingerprint density at radius 1 is 0.971 bits per heavy atom. The molecule has 0 aliphatic carbocycles. The third kappa shape index (κ3) is 8.09. The lowest BCUT2D eigenvalue weighted by Crippen LogP contribution is -2.60. The van der Waals surface area contributed by atoms with Gasteiger partial charge in [-0.3, -0.25) is 9.59 Å². The van der Waals surface area contributed by atoms with Crippen LogP contribution in [0.5, 0.6) is 0 Å². The lowest BCUT2D eigenvalue weighted by Gasteiger charge is -2.44. The van der Waals surface area contributed by atoms with Crippen LogP contribution in [-0.2, 0) is 14.3 Å². The molecule has 1 aromatic rings. The summed E-state index contributed by atoms with van der Waals surface area (Å²) in [5, 5.41) is 5.64. The molecular weight excluding hydrogens is 430 g/mol. The molecule has 0 aliphatic heterocycles. The van der Waals surface area contributed by atoms with Crippen LogP contribution in [0.3, 0.4) is 0 Å². The fraction of sp³-hybridized carbons (Fsp3) is 0.593. The molecule has 3 amide bonds. The lowest BCUT2D eigenvalue weighted by atomic mass is 9.91. The molecule has 2 unspecified atom stereocenters. The molecule has 0 spiro atoms. The SMILES string of the molecule is C#Cc1ccccc1C(C(=O)NC(C)C)N(C(=O)C(NC(=O)OC(C)(C)C)C(C)C)C(C)(C)C. The molecule has 1 aromatic carbocycles. The molecule has 0 aliphatic rings. The molecule has 0 saturated heterocycles. The first kappa shape index (κ1) is 29.0. The van der Waals surface area contributed by atoms with Gasteiger partial charge in [0, 0.05) is 17.1 Å². The summed E-state index contributed by atoms with van der Waals surface area (Å²) < 4.78 is 5.39. The van der Waals surface area contributed by atoms with Crippen molar-refractivity contribution in [1.29, 1.82) is 0 Å². The van der Waals surface area contributed by atoms with E-state index in [0.29, 0.717) is 11.1 Å². The van der Waals surface area contributed by atoms with Crippen LogP contribution in [0.15, 0.2) is 24.3 Å². The van der Waals surface area contributed by atoms with Crippen LogP contribution in [0.4, 0.5) is 4.79 Å². The van der Waals surface area contributed by atoms with Crippen molar-refractivity contribution >= 4 is 17.9 Å². The van der Waals surface area contributed by atoms with Crippen LogP contribution in [0, 0.1) is 18.3 Å². The van der Waals surface area contributed by atoms with Crippen LogP contribution in [0.2, 0.25) is 0 Å². The zero-order valence-electron chi connectivity index (χ0n) is 22.3. The molecule has 188 valence electrons. The predicted molar refractivity (Wildman–Crippen MR) is 135 cm³/mol. The first-order valence-electron chi connectivity index (χ1n) is 11.7. The van der Waals surface area contributed by atoms with E-state index in [1.807, 2.05) is 48.5 Å². The number of amides is 3. The van der Waals surface area contributed by atoms with E-state index in [0.717, 1.165) is 0 Å². The number of terminal acetylenes is 1. The Morgan fingerprint density at radius 3 is 1.97 bits per heavy atom. The minimum Gasteiger partial charge on any atom is -0.444 e. The van der Waals surface area contributed by atoms with Crippen molar-refractivity contribution in [2.75, 3.05) is 0 Å². The van der Waals surface area contributed by atoms with E-state index < -0.39 is 35.2 Å². The molecule has 0 saturated carbocycles. The normalized spacial score (nSPS) is 13.6. The molecule has 0 heterocycles. The second-order valence-electron chi connectivity index (χ2n) is 11.0. The van der Waals surface area contributed by atoms with Gasteiger partial charge in [-0.25, -0.2) is 4.79 Å². The topological polar surface area (TPSA) is 87.7 Å². The summed E-state index contributed by atoms with van der Waals surface area (Å²) in [6.07, 6.45) is 5.06. The Kier molecular flexibility index (Phi) is 9.74. The highest BCUT2D eigenvalue weighted by Gasteiger charge is 2.43. The van der Waals surface area contributed by atoms with Gasteiger partial charge in [-0.05, 0) is 72.9 Å². The van der Waals surface area contributed by atoms with Crippen molar-refractivity contribution in [2.24, 2.45) is 5.92 Å². The number of nitrogens with zero attached hydrogens (tertiary/aromatic N) is 1. The number of hydrogen-bond acceptors (Lipinski definition) is 4. The summed E-state index contributed by atoms with van der Waals surface area (Å²) >= 11 is 0. The van der Waals surface area contributed by atoms with Gasteiger partial charge in [0.1, 0.15) is 17.7 Å². The molecule has 0 fully saturated rings. The number of benzene rings is 1. The van der Waals surface area contributed by atoms with Gasteiger partial charge >= 0.3 is 6.09 Å². The molecule has 0 aromatic heterocycles. The van der Waals surface area contributed by atoms with E-state index >= 15 is 0 Å². The Bertz CT molecular complexity index is 917. The Labute approximate surface area is 205 Å². The number of carbonyl (C=O) groups is 3. The lowest BCUT2D eigenvalue weighted by molar-refractivity contribution is -0.149. The van der Waals surface area contributed by atoms with Gasteiger partial charge in [-0.15, -0.1) is 6.42 Å². The van der Waals surface area contributed by atoms with Gasteiger partial charge in [-0.2, -0.15) is 0 Å². The third-order valence-corrected chi connectivity index (χ3v) is 4.91. The maximum atomic E-state index is 14.1. The summed E-state index contributed by atoms with van der Waals surface area (Å²) in [5.74, 6) is 1.62. The monoisotopic (exact) mass is 471 g/mol. The highest BCUT2D eigenvalue weighted by atomic mass is 16.6. The van der Waals surface area contributed by atoms with Crippen molar-refractivity contribution in [3.8, 4) is 12.3 Å². The van der Waals surface area contributed by atoms with Crippen LogP contribution in [0.1, 0.15) is 86.4 Å². The van der Waals surface area contributed by atoms with Crippen LogP contribution in [0.25, 0.3) is 0 Å². The van der Waals surface area contributed by atoms with E-state index in [2.05, 4.69) is 16.6 Å². The van der Waals surface area contributed by atoms with Crippen LogP contribution >= 0.6 is 0 Å². The molecule has 0 bridgehead atoms. The number of hydrogen-bond donors (Lipinski definition) is 2. The van der Waals surface area contributed by atoms with Crippen molar-refractivity contribution in [3.05, 3.63) is 35.4 Å². The first-order chi connectivity index (χ1) is 15.5. The van der Waals surface area contributed by atoms with E-state index in [9.17, 15) is 14.4 Å². The Morgan fingerprint density at radius 2 is 1.53 bits per heavy atom. The molecule has 7 heteroatoms. The van der Waals surface area contributed by atoms with E-state index in [1.54, 1.807) is 45.0 Å². The van der Waals surface area contributed by atoms with Crippen molar-refractivity contribution in [3.63, 3.8) is 0 Å². The molecular formula is C27H41N3O4. The standard InChI is InChI=1S/C27H41N3O4/c1-12-19-15-13-14-16-20(19)22(23(31)28-18(4)5)30(26(6,7)8)24(32)21(17(2)3)29-25(33)34-27(9,10)11/h1,13-18,21-22H,2-11H3,(H,28,31)(H,29,33). The third-order valence-electron chi connectivity index (χ3n) is 4.91. The summed E-state index contributed by atoms with van der Waals surface area (Å²) in [6.45, 7) is 18.2. The quantitative estimate of drug-likeness (QED) is 0.577. The van der Waals surface area contributed by atoms with E-state index in [1.165, 1.54) is 4.90 Å². The maximum Gasteiger partial charge on any atom is 0.408 e. The maximum absolute atomic E-state index is 14.1. The predicted octanol–water partition coefficient (Wildman–Crippen LogP) is 4.41. The average Bonchev–Trinajstić information content (AvgIpc) is 2.66. The minimum absolute atomic E-state index is 0.147. The number of alkyl carbamates (subject to hydrolysis) is 1. The highest BCUT2D eigenvalue weighted by molar-refractivity contribution is 5.93. The number of nitrogens with one attached hydrogen (secondary N) is 2. The number of rotatable bonds is 7. The fourth-order valence-electron chi connectivity index (χ4n) is 3.57. The van der Waals surface area contributed by atoms with Crippen molar-refractivity contribution < 1.29 is 19.1 Å². The molecule has 7 nitrogen and oxygen atoms in total. The van der Waals surface area contributed by atoms with Gasteiger partial charge < -0.3 is 20.3 Å². The summed E-state index contributed by atoms with van der Waals surface area (Å²) in [5.41, 5.74) is -0.425. The zero-order chi connectivity index (χ0) is 26.4. The Hall–Kier alpha value is -3.01. The molecule has 2 N–H and O–H groups in total. The van der Waals surface area contributed by atoms with Gasteiger partial charge in [0.2, 0.25) is 11.8 Å². The van der Waals surface area contributed by atoms with E-state index in [4.69, 9.17) is 11.2 Å². The van der Waals surface area contributed by atoms with Crippen molar-refractivity contribution in [2.45, 2.75) is 98.5 Å². The summed E-state index contributed by atoms with van der Waals surface area (Å²) in [7, 11) is 0.